The van der Waals surface area contributed by atoms with E-state index in [2.05, 4.69) is 45.1 Å². The van der Waals surface area contributed by atoms with Gasteiger partial charge in [-0.15, -0.1) is 6.42 Å². The van der Waals surface area contributed by atoms with Crippen LogP contribution in [0.3, 0.4) is 0 Å². The Bertz CT molecular complexity index is 358. The summed E-state index contributed by atoms with van der Waals surface area (Å²) >= 11 is 0. The second-order valence-corrected chi connectivity index (χ2v) is 6.09. The number of rotatable bonds is 3. The summed E-state index contributed by atoms with van der Waals surface area (Å²) in [6, 6.07) is 0. The van der Waals surface area contributed by atoms with Crippen LogP contribution in [-0.4, -0.2) is 34.6 Å². The summed E-state index contributed by atoms with van der Waals surface area (Å²) in [4.78, 5) is 13.6. The minimum atomic E-state index is -0.350. The first-order chi connectivity index (χ1) is 8.23. The van der Waals surface area contributed by atoms with Crippen LogP contribution in [0, 0.1) is 12.3 Å². The van der Waals surface area contributed by atoms with Gasteiger partial charge in [-0.05, 0) is 27.7 Å². The van der Waals surface area contributed by atoms with Crippen molar-refractivity contribution in [2.45, 2.75) is 57.7 Å². The van der Waals surface area contributed by atoms with Crippen molar-refractivity contribution in [2.24, 2.45) is 0 Å². The molecule has 0 atom stereocenters. The van der Waals surface area contributed by atoms with Crippen molar-refractivity contribution in [1.29, 1.82) is 0 Å². The van der Waals surface area contributed by atoms with Crippen LogP contribution < -0.4 is 0 Å². The van der Waals surface area contributed by atoms with Crippen molar-refractivity contribution in [1.82, 2.24) is 4.90 Å². The SMILES string of the molecule is C#CCN1C(C)(C)CC(OC(=O)C=C)CC1(C)C. The fraction of sp³-hybridized carbons (Fsp3) is 0.667. The van der Waals surface area contributed by atoms with Crippen molar-refractivity contribution in [2.75, 3.05) is 6.54 Å². The van der Waals surface area contributed by atoms with E-state index in [4.69, 9.17) is 11.2 Å². The molecular weight excluding hydrogens is 226 g/mol. The highest BCUT2D eigenvalue weighted by Crippen LogP contribution is 2.39. The molecule has 0 aromatic carbocycles. The molecule has 1 saturated heterocycles. The highest BCUT2D eigenvalue weighted by atomic mass is 16.5. The average molecular weight is 249 g/mol. The average Bonchev–Trinajstić information content (AvgIpc) is 2.22. The van der Waals surface area contributed by atoms with Crippen LogP contribution in [0.25, 0.3) is 0 Å². The number of esters is 1. The van der Waals surface area contributed by atoms with E-state index in [-0.39, 0.29) is 23.2 Å². The summed E-state index contributed by atoms with van der Waals surface area (Å²) in [6.07, 6.45) is 8.17. The van der Waals surface area contributed by atoms with E-state index in [1.165, 1.54) is 6.08 Å². The fourth-order valence-electron chi connectivity index (χ4n) is 3.04. The Morgan fingerprint density at radius 2 is 1.94 bits per heavy atom. The molecule has 1 fully saturated rings. The monoisotopic (exact) mass is 249 g/mol. The van der Waals surface area contributed by atoms with Gasteiger partial charge in [-0.1, -0.05) is 12.5 Å². The van der Waals surface area contributed by atoms with Gasteiger partial charge < -0.3 is 4.74 Å². The molecule has 100 valence electrons. The zero-order chi connectivity index (χ0) is 14.0. The number of carbonyl (C=O) groups is 1. The predicted molar refractivity (Wildman–Crippen MR) is 73.0 cm³/mol. The van der Waals surface area contributed by atoms with E-state index < -0.39 is 0 Å². The summed E-state index contributed by atoms with van der Waals surface area (Å²) in [5, 5.41) is 0. The van der Waals surface area contributed by atoms with Crippen molar-refractivity contribution in [3.63, 3.8) is 0 Å². The Balaban J connectivity index is 2.88. The number of likely N-dealkylation sites (tertiary alicyclic amines) is 1. The highest BCUT2D eigenvalue weighted by Gasteiger charge is 2.45. The molecule has 0 amide bonds. The van der Waals surface area contributed by atoms with Crippen molar-refractivity contribution < 1.29 is 9.53 Å². The van der Waals surface area contributed by atoms with Crippen LogP contribution in [0.15, 0.2) is 12.7 Å². The molecule has 1 aliphatic rings. The van der Waals surface area contributed by atoms with E-state index in [0.717, 1.165) is 12.8 Å². The van der Waals surface area contributed by atoms with Gasteiger partial charge in [0.15, 0.2) is 0 Å². The molecule has 1 rings (SSSR count). The molecule has 1 aliphatic heterocycles. The van der Waals surface area contributed by atoms with Gasteiger partial charge >= 0.3 is 5.97 Å². The van der Waals surface area contributed by atoms with Crippen LogP contribution >= 0.6 is 0 Å². The topological polar surface area (TPSA) is 29.5 Å². The first-order valence-electron chi connectivity index (χ1n) is 6.27. The molecule has 0 bridgehead atoms. The molecule has 18 heavy (non-hydrogen) atoms. The summed E-state index contributed by atoms with van der Waals surface area (Å²) < 4.78 is 5.40. The smallest absolute Gasteiger partial charge is 0.330 e. The minimum absolute atomic E-state index is 0.0745. The van der Waals surface area contributed by atoms with Gasteiger partial charge in [-0.2, -0.15) is 0 Å². The molecule has 1 heterocycles. The van der Waals surface area contributed by atoms with Gasteiger partial charge in [-0.25, -0.2) is 4.79 Å². The summed E-state index contributed by atoms with van der Waals surface area (Å²) in [5.74, 6) is 2.37. The normalized spacial score (nSPS) is 23.1. The van der Waals surface area contributed by atoms with Crippen LogP contribution in [0.5, 0.6) is 0 Å². The molecule has 3 heteroatoms. The third-order valence-corrected chi connectivity index (χ3v) is 3.61. The van der Waals surface area contributed by atoms with E-state index in [1.807, 2.05) is 0 Å². The van der Waals surface area contributed by atoms with Crippen LogP contribution in [-0.2, 0) is 9.53 Å². The zero-order valence-corrected chi connectivity index (χ0v) is 11.8. The van der Waals surface area contributed by atoms with Gasteiger partial charge in [0, 0.05) is 30.0 Å². The Hall–Kier alpha value is -1.27. The molecule has 0 aromatic rings. The number of hydrogen-bond donors (Lipinski definition) is 0. The molecule has 0 radical (unpaired) electrons. The lowest BCUT2D eigenvalue weighted by molar-refractivity contribution is -0.153. The molecule has 0 N–H and O–H groups in total. The number of nitrogens with zero attached hydrogens (tertiary/aromatic N) is 1. The fourth-order valence-corrected chi connectivity index (χ4v) is 3.04. The molecular formula is C15H23NO2. The highest BCUT2D eigenvalue weighted by molar-refractivity contribution is 5.81. The van der Waals surface area contributed by atoms with Crippen LogP contribution in [0.2, 0.25) is 0 Å². The van der Waals surface area contributed by atoms with E-state index >= 15 is 0 Å². The van der Waals surface area contributed by atoms with Crippen molar-refractivity contribution in [3.05, 3.63) is 12.7 Å². The zero-order valence-electron chi connectivity index (χ0n) is 11.8. The third-order valence-electron chi connectivity index (χ3n) is 3.61. The molecule has 0 saturated carbocycles. The lowest BCUT2D eigenvalue weighted by Crippen LogP contribution is -2.62. The molecule has 3 nitrogen and oxygen atoms in total. The Labute approximate surface area is 110 Å². The van der Waals surface area contributed by atoms with Crippen molar-refractivity contribution >= 4 is 5.97 Å². The van der Waals surface area contributed by atoms with E-state index in [9.17, 15) is 4.79 Å². The third kappa shape index (κ3) is 3.14. The molecule has 0 aliphatic carbocycles. The predicted octanol–water partition coefficient (Wildman–Crippen LogP) is 2.37. The van der Waals surface area contributed by atoms with Gasteiger partial charge in [-0.3, -0.25) is 4.90 Å². The summed E-state index contributed by atoms with van der Waals surface area (Å²) in [6.45, 7) is 12.6. The second-order valence-electron chi connectivity index (χ2n) is 6.09. The molecule has 0 spiro atoms. The number of terminal acetylenes is 1. The Morgan fingerprint density at radius 3 is 2.33 bits per heavy atom. The maximum Gasteiger partial charge on any atom is 0.330 e. The van der Waals surface area contributed by atoms with E-state index in [1.54, 1.807) is 0 Å². The quantitative estimate of drug-likeness (QED) is 0.437. The Morgan fingerprint density at radius 1 is 1.44 bits per heavy atom. The largest absolute Gasteiger partial charge is 0.459 e. The molecule has 0 unspecified atom stereocenters. The second kappa shape index (κ2) is 5.16. The maximum atomic E-state index is 11.3. The van der Waals surface area contributed by atoms with Gasteiger partial charge in [0.2, 0.25) is 0 Å². The lowest BCUT2D eigenvalue weighted by atomic mass is 9.78. The minimum Gasteiger partial charge on any atom is -0.459 e. The van der Waals surface area contributed by atoms with Gasteiger partial charge in [0.25, 0.3) is 0 Å². The Kier molecular flexibility index (Phi) is 4.24. The number of hydrogen-bond acceptors (Lipinski definition) is 3. The van der Waals surface area contributed by atoms with E-state index in [0.29, 0.717) is 6.54 Å². The van der Waals surface area contributed by atoms with Crippen molar-refractivity contribution in [3.8, 4) is 12.3 Å². The van der Waals surface area contributed by atoms with Crippen LogP contribution in [0.4, 0.5) is 0 Å². The standard InChI is InChI=1S/C15H23NO2/c1-7-9-16-14(3,4)10-12(11-15(16,5)6)18-13(17)8-2/h1,8,12H,2,9-11H2,3-6H3. The maximum absolute atomic E-state index is 11.3. The number of carbonyl (C=O) groups excluding carboxylic acids is 1. The first-order valence-corrected chi connectivity index (χ1v) is 6.27. The molecule has 0 aromatic heterocycles. The summed E-state index contributed by atoms with van der Waals surface area (Å²) in [7, 11) is 0. The lowest BCUT2D eigenvalue weighted by Gasteiger charge is -2.54. The number of piperidine rings is 1. The van der Waals surface area contributed by atoms with Crippen LogP contribution in [0.1, 0.15) is 40.5 Å². The van der Waals surface area contributed by atoms with Gasteiger partial charge in [0.1, 0.15) is 6.10 Å². The summed E-state index contributed by atoms with van der Waals surface area (Å²) in [5.41, 5.74) is -0.166. The first kappa shape index (κ1) is 14.8. The van der Waals surface area contributed by atoms with Gasteiger partial charge in [0.05, 0.1) is 6.54 Å². The number of ether oxygens (including phenoxy) is 1.